The number of amides is 1. The van der Waals surface area contributed by atoms with Gasteiger partial charge in [0.2, 0.25) is 0 Å². The fourth-order valence-electron chi connectivity index (χ4n) is 2.83. The molecule has 0 aliphatic heterocycles. The minimum absolute atomic E-state index is 0.207. The summed E-state index contributed by atoms with van der Waals surface area (Å²) in [5, 5.41) is 9.80. The molecule has 6 heteroatoms. The third-order valence-electron chi connectivity index (χ3n) is 4.42. The molecule has 0 radical (unpaired) electrons. The fraction of sp³-hybridized carbons (Fsp3) is 0.0455. The molecule has 0 aliphatic rings. The maximum absolute atomic E-state index is 12.8. The van der Waals surface area contributed by atoms with Crippen LogP contribution < -0.4 is 4.90 Å². The van der Waals surface area contributed by atoms with E-state index in [9.17, 15) is 4.79 Å². The van der Waals surface area contributed by atoms with E-state index in [0.29, 0.717) is 22.6 Å². The van der Waals surface area contributed by atoms with E-state index in [1.165, 1.54) is 4.90 Å². The van der Waals surface area contributed by atoms with E-state index in [4.69, 9.17) is 5.26 Å². The number of fused-ring (bicyclic) bond motifs is 1. The van der Waals surface area contributed by atoms with Crippen LogP contribution in [0.5, 0.6) is 0 Å². The van der Waals surface area contributed by atoms with Crippen molar-refractivity contribution in [3.63, 3.8) is 0 Å². The van der Waals surface area contributed by atoms with Gasteiger partial charge in [-0.2, -0.15) is 5.26 Å². The molecule has 3 aromatic heterocycles. The number of nitriles is 1. The van der Waals surface area contributed by atoms with Gasteiger partial charge in [-0.25, -0.2) is 9.97 Å². The number of carbonyl (C=O) groups is 1. The Morgan fingerprint density at radius 1 is 1.00 bits per heavy atom. The zero-order chi connectivity index (χ0) is 19.5. The van der Waals surface area contributed by atoms with Crippen LogP contribution >= 0.6 is 0 Å². The van der Waals surface area contributed by atoms with E-state index in [1.807, 2.05) is 30.3 Å². The zero-order valence-corrected chi connectivity index (χ0v) is 15.1. The summed E-state index contributed by atoms with van der Waals surface area (Å²) in [4.78, 5) is 27.4. The third-order valence-corrected chi connectivity index (χ3v) is 4.42. The Morgan fingerprint density at radius 3 is 2.54 bits per heavy atom. The number of hydrogen-bond donors (Lipinski definition) is 0. The first-order valence-corrected chi connectivity index (χ1v) is 8.62. The van der Waals surface area contributed by atoms with Gasteiger partial charge in [0.05, 0.1) is 22.9 Å². The number of hydrogen-bond acceptors (Lipinski definition) is 5. The first kappa shape index (κ1) is 17.3. The SMILES string of the molecule is CN(C(=O)c1ccc(-c2ccc(C#N)cc2)nc1)c1ccc2cccnc2n1. The molecule has 3 heterocycles. The molecule has 1 aromatic carbocycles. The monoisotopic (exact) mass is 365 g/mol. The van der Waals surface area contributed by atoms with Gasteiger partial charge in [0.15, 0.2) is 5.65 Å². The molecule has 0 atom stereocenters. The van der Waals surface area contributed by atoms with Crippen LogP contribution in [-0.2, 0) is 0 Å². The van der Waals surface area contributed by atoms with E-state index < -0.39 is 0 Å². The van der Waals surface area contributed by atoms with Gasteiger partial charge >= 0.3 is 0 Å². The van der Waals surface area contributed by atoms with Crippen LogP contribution in [0.15, 0.2) is 73.1 Å². The molecule has 0 fully saturated rings. The average molecular weight is 365 g/mol. The normalized spacial score (nSPS) is 10.4. The van der Waals surface area contributed by atoms with E-state index in [2.05, 4.69) is 21.0 Å². The van der Waals surface area contributed by atoms with Gasteiger partial charge in [-0.15, -0.1) is 0 Å². The summed E-state index contributed by atoms with van der Waals surface area (Å²) in [5.74, 6) is 0.314. The zero-order valence-electron chi connectivity index (χ0n) is 15.1. The molecule has 4 rings (SSSR count). The second-order valence-electron chi connectivity index (χ2n) is 6.21. The topological polar surface area (TPSA) is 82.8 Å². The molecule has 0 N–H and O–H groups in total. The van der Waals surface area contributed by atoms with Crippen molar-refractivity contribution in [1.82, 2.24) is 15.0 Å². The van der Waals surface area contributed by atoms with Gasteiger partial charge in [0.25, 0.3) is 5.91 Å². The summed E-state index contributed by atoms with van der Waals surface area (Å²) in [6, 6.07) is 20.2. The molecule has 0 saturated carbocycles. The summed E-state index contributed by atoms with van der Waals surface area (Å²) in [5.41, 5.74) is 3.26. The van der Waals surface area contributed by atoms with E-state index >= 15 is 0 Å². The lowest BCUT2D eigenvalue weighted by atomic mass is 10.1. The molecule has 4 aromatic rings. The number of benzene rings is 1. The first-order chi connectivity index (χ1) is 13.7. The Balaban J connectivity index is 1.57. The van der Waals surface area contributed by atoms with Gasteiger partial charge in [-0.05, 0) is 48.5 Å². The number of nitrogens with zero attached hydrogens (tertiary/aromatic N) is 5. The highest BCUT2D eigenvalue weighted by atomic mass is 16.2. The number of pyridine rings is 3. The van der Waals surface area contributed by atoms with Crippen LogP contribution in [0.1, 0.15) is 15.9 Å². The first-order valence-electron chi connectivity index (χ1n) is 8.62. The van der Waals surface area contributed by atoms with Crippen molar-refractivity contribution >= 4 is 22.8 Å². The minimum Gasteiger partial charge on any atom is -0.296 e. The summed E-state index contributed by atoms with van der Waals surface area (Å²) < 4.78 is 0. The predicted octanol–water partition coefficient (Wildman–Crippen LogP) is 3.84. The van der Waals surface area contributed by atoms with E-state index in [0.717, 1.165) is 16.6 Å². The molecule has 6 nitrogen and oxygen atoms in total. The summed E-state index contributed by atoms with van der Waals surface area (Å²) in [6.45, 7) is 0. The van der Waals surface area contributed by atoms with E-state index in [-0.39, 0.29) is 5.91 Å². The van der Waals surface area contributed by atoms with Crippen LogP contribution in [0.3, 0.4) is 0 Å². The Kier molecular flexibility index (Phi) is 4.48. The second kappa shape index (κ2) is 7.25. The van der Waals surface area contributed by atoms with Crippen molar-refractivity contribution in [1.29, 1.82) is 5.26 Å². The molecule has 0 unspecified atom stereocenters. The highest BCUT2D eigenvalue weighted by Gasteiger charge is 2.16. The highest BCUT2D eigenvalue weighted by Crippen LogP contribution is 2.20. The fourth-order valence-corrected chi connectivity index (χ4v) is 2.83. The smallest absolute Gasteiger partial charge is 0.260 e. The number of anilines is 1. The maximum atomic E-state index is 12.8. The molecular weight excluding hydrogens is 350 g/mol. The molecular formula is C22H15N5O. The Morgan fingerprint density at radius 2 is 1.82 bits per heavy atom. The average Bonchev–Trinajstić information content (AvgIpc) is 2.78. The van der Waals surface area contributed by atoms with Crippen LogP contribution in [0, 0.1) is 11.3 Å². The molecule has 0 spiro atoms. The molecule has 0 saturated heterocycles. The van der Waals surface area contributed by atoms with Gasteiger partial charge in [0, 0.05) is 30.4 Å². The van der Waals surface area contributed by atoms with Crippen molar-refractivity contribution in [2.75, 3.05) is 11.9 Å². The minimum atomic E-state index is -0.207. The largest absolute Gasteiger partial charge is 0.296 e. The van der Waals surface area contributed by atoms with Crippen molar-refractivity contribution < 1.29 is 4.79 Å². The number of rotatable bonds is 3. The van der Waals surface area contributed by atoms with Gasteiger partial charge in [0.1, 0.15) is 5.82 Å². The van der Waals surface area contributed by atoms with Crippen molar-refractivity contribution in [2.45, 2.75) is 0 Å². The Hall–Kier alpha value is -4.11. The predicted molar refractivity (Wildman–Crippen MR) is 107 cm³/mol. The van der Waals surface area contributed by atoms with Gasteiger partial charge in [-0.1, -0.05) is 12.1 Å². The van der Waals surface area contributed by atoms with Gasteiger partial charge < -0.3 is 0 Å². The second-order valence-corrected chi connectivity index (χ2v) is 6.21. The molecule has 0 aliphatic carbocycles. The van der Waals surface area contributed by atoms with E-state index in [1.54, 1.807) is 49.8 Å². The standard InChI is InChI=1S/C22H15N5O/c1-27(20-11-9-17-3-2-12-24-21(17)26-20)22(28)18-8-10-19(25-14-18)16-6-4-15(13-23)5-7-16/h2-12,14H,1H3. The third kappa shape index (κ3) is 3.29. The van der Waals surface area contributed by atoms with Gasteiger partial charge in [-0.3, -0.25) is 14.7 Å². The lowest BCUT2D eigenvalue weighted by Crippen LogP contribution is -2.27. The lowest BCUT2D eigenvalue weighted by molar-refractivity contribution is 0.0992. The van der Waals surface area contributed by atoms with Crippen LogP contribution in [0.2, 0.25) is 0 Å². The Labute approximate surface area is 161 Å². The summed E-state index contributed by atoms with van der Waals surface area (Å²) in [7, 11) is 1.67. The van der Waals surface area contributed by atoms with Crippen molar-refractivity contribution in [3.05, 3.63) is 84.2 Å². The van der Waals surface area contributed by atoms with Crippen LogP contribution in [0.25, 0.3) is 22.3 Å². The highest BCUT2D eigenvalue weighted by molar-refractivity contribution is 6.05. The summed E-state index contributed by atoms with van der Waals surface area (Å²) in [6.07, 6.45) is 3.22. The molecule has 1 amide bonds. The number of aromatic nitrogens is 3. The number of carbonyl (C=O) groups excluding carboxylic acids is 1. The van der Waals surface area contributed by atoms with Crippen molar-refractivity contribution in [2.24, 2.45) is 0 Å². The maximum Gasteiger partial charge on any atom is 0.260 e. The lowest BCUT2D eigenvalue weighted by Gasteiger charge is -2.16. The summed E-state index contributed by atoms with van der Waals surface area (Å²) >= 11 is 0. The van der Waals surface area contributed by atoms with Crippen molar-refractivity contribution in [3.8, 4) is 17.3 Å². The van der Waals surface area contributed by atoms with Crippen LogP contribution in [0.4, 0.5) is 5.82 Å². The quantitative estimate of drug-likeness (QED) is 0.551. The molecule has 28 heavy (non-hydrogen) atoms. The molecule has 0 bridgehead atoms. The Bertz CT molecular complexity index is 1190. The van der Waals surface area contributed by atoms with Crippen LogP contribution in [-0.4, -0.2) is 27.9 Å². The molecule has 134 valence electrons.